The molecule has 1 N–H and O–H groups in total. The highest BCUT2D eigenvalue weighted by atomic mass is 35.5. The van der Waals surface area contributed by atoms with Gasteiger partial charge in [-0.3, -0.25) is 4.79 Å². The summed E-state index contributed by atoms with van der Waals surface area (Å²) in [5, 5.41) is 10.0. The number of carbonyl (C=O) groups excluding carboxylic acids is 1. The number of aliphatic hydroxyl groups excluding tert-OH is 1. The molecular weight excluding hydrogens is 288 g/mol. The quantitative estimate of drug-likeness (QED) is 0.668. The van der Waals surface area contributed by atoms with Gasteiger partial charge in [-0.05, 0) is 35.6 Å². The second-order valence-corrected chi connectivity index (χ2v) is 6.47. The topological polar surface area (TPSA) is 46.5 Å². The lowest BCUT2D eigenvalue weighted by Crippen LogP contribution is -2.11. The summed E-state index contributed by atoms with van der Waals surface area (Å²) < 4.78 is 5.41. The molecule has 2 unspecified atom stereocenters. The molecule has 0 bridgehead atoms. The molecule has 21 heavy (non-hydrogen) atoms. The van der Waals surface area contributed by atoms with E-state index in [0.29, 0.717) is 5.02 Å². The molecule has 0 aliphatic heterocycles. The van der Waals surface area contributed by atoms with Crippen molar-refractivity contribution >= 4 is 17.6 Å². The van der Waals surface area contributed by atoms with Crippen molar-refractivity contribution in [3.05, 3.63) is 46.5 Å². The molecule has 114 valence electrons. The Morgan fingerprint density at radius 2 is 1.95 bits per heavy atom. The van der Waals surface area contributed by atoms with Gasteiger partial charge in [0.05, 0.1) is 12.5 Å². The van der Waals surface area contributed by atoms with E-state index in [2.05, 4.69) is 0 Å². The maximum atomic E-state index is 12.3. The molecule has 4 heteroatoms. The molecule has 2 rings (SSSR count). The van der Waals surface area contributed by atoms with E-state index in [9.17, 15) is 9.90 Å². The highest BCUT2D eigenvalue weighted by Gasteiger charge is 2.63. The van der Waals surface area contributed by atoms with E-state index in [-0.39, 0.29) is 36.4 Å². The summed E-state index contributed by atoms with van der Waals surface area (Å²) in [6.45, 7) is 6.19. The van der Waals surface area contributed by atoms with Gasteiger partial charge in [-0.25, -0.2) is 0 Å². The van der Waals surface area contributed by atoms with Crippen molar-refractivity contribution in [3.63, 3.8) is 0 Å². The van der Waals surface area contributed by atoms with E-state index in [0.717, 1.165) is 11.1 Å². The van der Waals surface area contributed by atoms with Gasteiger partial charge in [-0.15, -0.1) is 0 Å². The number of rotatable bonds is 5. The molecule has 1 fully saturated rings. The molecule has 0 amide bonds. The normalized spacial score (nSPS) is 23.8. The number of carbonyl (C=O) groups is 1. The van der Waals surface area contributed by atoms with E-state index in [4.69, 9.17) is 16.3 Å². The summed E-state index contributed by atoms with van der Waals surface area (Å²) in [6.07, 6.45) is 1.89. The van der Waals surface area contributed by atoms with Crippen LogP contribution in [0.1, 0.15) is 26.3 Å². The Kier molecular flexibility index (Phi) is 4.74. The van der Waals surface area contributed by atoms with Crippen LogP contribution in [0, 0.1) is 17.3 Å². The fraction of sp³-hybridized carbons (Fsp3) is 0.471. The van der Waals surface area contributed by atoms with Crippen LogP contribution in [0.2, 0.25) is 5.02 Å². The lowest BCUT2D eigenvalue weighted by Gasteiger charge is -2.06. The first-order chi connectivity index (χ1) is 9.91. The predicted molar refractivity (Wildman–Crippen MR) is 82.9 cm³/mol. The van der Waals surface area contributed by atoms with Crippen LogP contribution in [0.15, 0.2) is 35.9 Å². The largest absolute Gasteiger partial charge is 0.461 e. The molecule has 1 saturated carbocycles. The maximum absolute atomic E-state index is 12.3. The van der Waals surface area contributed by atoms with Crippen LogP contribution in [0.5, 0.6) is 0 Å². The molecule has 1 aromatic carbocycles. The molecule has 0 aromatic heterocycles. The lowest BCUT2D eigenvalue weighted by molar-refractivity contribution is -0.147. The molecule has 1 aromatic rings. The molecular formula is C17H21ClO3. The molecule has 0 heterocycles. The van der Waals surface area contributed by atoms with E-state index >= 15 is 0 Å². The van der Waals surface area contributed by atoms with Gasteiger partial charge in [0.15, 0.2) is 0 Å². The summed E-state index contributed by atoms with van der Waals surface area (Å²) in [5.41, 5.74) is 1.67. The van der Waals surface area contributed by atoms with E-state index in [1.807, 2.05) is 39.0 Å². The standard InChI is InChI=1S/C17H21ClO3/c1-4-12(9-19)14-15(17(14,2)3)16(20)21-10-11-5-7-13(18)8-6-11/h4-8,14-15,19H,9-10H2,1-3H3. The van der Waals surface area contributed by atoms with Gasteiger partial charge in [0.2, 0.25) is 0 Å². The summed E-state index contributed by atoms with van der Waals surface area (Å²) in [7, 11) is 0. The number of allylic oxidation sites excluding steroid dienone is 1. The summed E-state index contributed by atoms with van der Waals surface area (Å²) in [4.78, 5) is 12.3. The third kappa shape index (κ3) is 3.30. The Morgan fingerprint density at radius 1 is 1.33 bits per heavy atom. The lowest BCUT2D eigenvalue weighted by atomic mass is 10.0. The average molecular weight is 309 g/mol. The molecule has 0 saturated heterocycles. The zero-order valence-corrected chi connectivity index (χ0v) is 13.4. The number of esters is 1. The van der Waals surface area contributed by atoms with E-state index in [1.54, 1.807) is 12.1 Å². The number of benzene rings is 1. The van der Waals surface area contributed by atoms with Crippen molar-refractivity contribution in [2.75, 3.05) is 6.61 Å². The summed E-state index contributed by atoms with van der Waals surface area (Å²) in [6, 6.07) is 7.24. The van der Waals surface area contributed by atoms with Crippen molar-refractivity contribution in [3.8, 4) is 0 Å². The molecule has 2 atom stereocenters. The number of hydrogen-bond donors (Lipinski definition) is 1. The third-order valence-corrected chi connectivity index (χ3v) is 4.58. The monoisotopic (exact) mass is 308 g/mol. The van der Waals surface area contributed by atoms with Gasteiger partial charge in [0.1, 0.15) is 6.61 Å². The third-order valence-electron chi connectivity index (χ3n) is 4.33. The second-order valence-electron chi connectivity index (χ2n) is 6.03. The van der Waals surface area contributed by atoms with Crippen molar-refractivity contribution in [1.29, 1.82) is 0 Å². The fourth-order valence-electron chi connectivity index (χ4n) is 2.96. The Hall–Kier alpha value is -1.32. The van der Waals surface area contributed by atoms with Crippen LogP contribution in [0.4, 0.5) is 0 Å². The van der Waals surface area contributed by atoms with Gasteiger partial charge in [0.25, 0.3) is 0 Å². The molecule has 1 aliphatic carbocycles. The van der Waals surface area contributed by atoms with Crippen LogP contribution in [0.25, 0.3) is 0 Å². The SMILES string of the molecule is CC=C(CO)C1C(C(=O)OCc2ccc(Cl)cc2)C1(C)C. The Bertz CT molecular complexity index is 546. The van der Waals surface area contributed by atoms with Gasteiger partial charge in [0, 0.05) is 10.9 Å². The molecule has 0 radical (unpaired) electrons. The molecule has 0 spiro atoms. The van der Waals surface area contributed by atoms with Gasteiger partial charge in [-0.1, -0.05) is 43.7 Å². The zero-order valence-electron chi connectivity index (χ0n) is 12.6. The van der Waals surface area contributed by atoms with E-state index < -0.39 is 0 Å². The minimum atomic E-state index is -0.201. The van der Waals surface area contributed by atoms with Crippen molar-refractivity contribution in [2.24, 2.45) is 17.3 Å². The van der Waals surface area contributed by atoms with Crippen LogP contribution < -0.4 is 0 Å². The second kappa shape index (κ2) is 6.20. The van der Waals surface area contributed by atoms with Gasteiger partial charge < -0.3 is 9.84 Å². The van der Waals surface area contributed by atoms with Crippen LogP contribution in [0.3, 0.4) is 0 Å². The predicted octanol–water partition coefficient (Wildman–Crippen LogP) is 3.59. The van der Waals surface area contributed by atoms with Crippen molar-refractivity contribution in [2.45, 2.75) is 27.4 Å². The first kappa shape index (κ1) is 16.1. The van der Waals surface area contributed by atoms with Crippen LogP contribution >= 0.6 is 11.6 Å². The number of halogens is 1. The Morgan fingerprint density at radius 3 is 2.48 bits per heavy atom. The smallest absolute Gasteiger partial charge is 0.310 e. The first-order valence-corrected chi connectivity index (χ1v) is 7.46. The fourth-order valence-corrected chi connectivity index (χ4v) is 3.09. The summed E-state index contributed by atoms with van der Waals surface area (Å²) >= 11 is 5.82. The minimum absolute atomic E-state index is 0.00837. The summed E-state index contributed by atoms with van der Waals surface area (Å²) in [5.74, 6) is -0.305. The van der Waals surface area contributed by atoms with E-state index in [1.165, 1.54) is 0 Å². The number of hydrogen-bond acceptors (Lipinski definition) is 3. The number of ether oxygens (including phenoxy) is 1. The maximum Gasteiger partial charge on any atom is 0.310 e. The van der Waals surface area contributed by atoms with Crippen LogP contribution in [-0.4, -0.2) is 17.7 Å². The van der Waals surface area contributed by atoms with Gasteiger partial charge in [-0.2, -0.15) is 0 Å². The molecule has 3 nitrogen and oxygen atoms in total. The minimum Gasteiger partial charge on any atom is -0.461 e. The first-order valence-electron chi connectivity index (χ1n) is 7.08. The van der Waals surface area contributed by atoms with Crippen LogP contribution in [-0.2, 0) is 16.1 Å². The Balaban J connectivity index is 1.96. The number of aliphatic hydroxyl groups is 1. The Labute approximate surface area is 130 Å². The highest BCUT2D eigenvalue weighted by molar-refractivity contribution is 6.30. The van der Waals surface area contributed by atoms with Crippen molar-refractivity contribution in [1.82, 2.24) is 0 Å². The van der Waals surface area contributed by atoms with Gasteiger partial charge >= 0.3 is 5.97 Å². The average Bonchev–Trinajstić information content (AvgIpc) is 3.02. The molecule has 1 aliphatic rings. The van der Waals surface area contributed by atoms with Crippen molar-refractivity contribution < 1.29 is 14.6 Å². The highest BCUT2D eigenvalue weighted by Crippen LogP contribution is 2.62. The zero-order chi connectivity index (χ0) is 15.6.